The van der Waals surface area contributed by atoms with Crippen LogP contribution in [0.1, 0.15) is 44.3 Å². The van der Waals surface area contributed by atoms with Crippen LogP contribution in [0.5, 0.6) is 0 Å². The van der Waals surface area contributed by atoms with Crippen LogP contribution in [0.2, 0.25) is 0 Å². The number of nitrogens with two attached hydrogens (primary N) is 1. The van der Waals surface area contributed by atoms with Crippen molar-refractivity contribution in [2.45, 2.75) is 27.2 Å². The number of nitro benzene ring substituents is 2. The second kappa shape index (κ2) is 9.91. The van der Waals surface area contributed by atoms with E-state index in [0.29, 0.717) is 11.1 Å². The number of ketones is 1. The smallest absolute Gasteiger partial charge is 0.342 e. The van der Waals surface area contributed by atoms with Crippen LogP contribution in [-0.2, 0) is 11.2 Å². The third-order valence-electron chi connectivity index (χ3n) is 4.20. The lowest BCUT2D eigenvalue weighted by Crippen LogP contribution is -2.09. The fourth-order valence-electron chi connectivity index (χ4n) is 2.67. The number of carboxylic acid groups (broad SMARTS) is 2. The minimum atomic E-state index is -1.37. The lowest BCUT2D eigenvalue weighted by molar-refractivity contribution is -0.385. The topological polar surface area (TPSA) is 204 Å². The number of carboxylic acids is 2. The van der Waals surface area contributed by atoms with Crippen molar-refractivity contribution in [2.24, 2.45) is 0 Å². The molecule has 2 aromatic carbocycles. The Morgan fingerprint density at radius 2 is 1.29 bits per heavy atom. The van der Waals surface area contributed by atoms with Gasteiger partial charge in [-0.25, -0.2) is 9.59 Å². The molecule has 0 aliphatic carbocycles. The molecule has 12 heteroatoms. The van der Waals surface area contributed by atoms with Gasteiger partial charge in [0.1, 0.15) is 22.6 Å². The summed E-state index contributed by atoms with van der Waals surface area (Å²) in [4.78, 5) is 52.5. The molecule has 0 aliphatic rings. The van der Waals surface area contributed by atoms with E-state index in [-0.39, 0.29) is 23.5 Å². The van der Waals surface area contributed by atoms with E-state index >= 15 is 0 Å². The first-order chi connectivity index (χ1) is 14.3. The molecule has 0 radical (unpaired) electrons. The zero-order valence-corrected chi connectivity index (χ0v) is 16.7. The van der Waals surface area contributed by atoms with Crippen LogP contribution in [0, 0.1) is 34.1 Å². The summed E-state index contributed by atoms with van der Waals surface area (Å²) in [6, 6.07) is 5.26. The Kier molecular flexibility index (Phi) is 7.89. The van der Waals surface area contributed by atoms with Gasteiger partial charge in [0.25, 0.3) is 5.69 Å². The highest BCUT2D eigenvalue weighted by Gasteiger charge is 2.26. The average Bonchev–Trinajstić information content (AvgIpc) is 2.64. The van der Waals surface area contributed by atoms with Gasteiger partial charge in [-0.05, 0) is 44.0 Å². The molecular formula is C19H19N3O9. The summed E-state index contributed by atoms with van der Waals surface area (Å²) >= 11 is 0. The average molecular weight is 433 g/mol. The van der Waals surface area contributed by atoms with Crippen LogP contribution >= 0.6 is 0 Å². The maximum Gasteiger partial charge on any atom is 0.342 e. The normalized spacial score (nSPS) is 9.90. The van der Waals surface area contributed by atoms with Gasteiger partial charge in [0, 0.05) is 12.0 Å². The predicted octanol–water partition coefficient (Wildman–Crippen LogP) is 2.92. The van der Waals surface area contributed by atoms with Crippen LogP contribution in [-0.4, -0.2) is 37.8 Å². The molecule has 12 nitrogen and oxygen atoms in total. The first kappa shape index (κ1) is 24.7. The van der Waals surface area contributed by atoms with Crippen molar-refractivity contribution < 1.29 is 34.4 Å². The molecule has 0 atom stereocenters. The van der Waals surface area contributed by atoms with Gasteiger partial charge in [0.15, 0.2) is 0 Å². The molecule has 0 heterocycles. The van der Waals surface area contributed by atoms with Crippen LogP contribution in [0.3, 0.4) is 0 Å². The van der Waals surface area contributed by atoms with Gasteiger partial charge in [0.2, 0.25) is 0 Å². The van der Waals surface area contributed by atoms with Gasteiger partial charge in [-0.3, -0.25) is 25.0 Å². The van der Waals surface area contributed by atoms with E-state index in [4.69, 9.17) is 15.9 Å². The Bertz CT molecular complexity index is 1090. The van der Waals surface area contributed by atoms with Crippen LogP contribution in [0.25, 0.3) is 0 Å². The highest BCUT2D eigenvalue weighted by atomic mass is 16.6. The minimum Gasteiger partial charge on any atom is -0.477 e. The molecule has 2 aromatic rings. The van der Waals surface area contributed by atoms with Gasteiger partial charge in [0.05, 0.1) is 9.85 Å². The summed E-state index contributed by atoms with van der Waals surface area (Å²) in [5, 5.41) is 39.0. The van der Waals surface area contributed by atoms with Crippen molar-refractivity contribution in [1.82, 2.24) is 0 Å². The fourth-order valence-corrected chi connectivity index (χ4v) is 2.67. The monoisotopic (exact) mass is 433 g/mol. The molecule has 0 unspecified atom stereocenters. The Hall–Kier alpha value is -4.35. The summed E-state index contributed by atoms with van der Waals surface area (Å²) < 4.78 is 0. The van der Waals surface area contributed by atoms with Crippen molar-refractivity contribution in [2.75, 3.05) is 5.73 Å². The molecule has 0 spiro atoms. The lowest BCUT2D eigenvalue weighted by Gasteiger charge is -2.07. The fraction of sp³-hybridized carbons (Fsp3) is 0.211. The van der Waals surface area contributed by atoms with Crippen molar-refractivity contribution in [3.05, 3.63) is 72.3 Å². The maximum absolute atomic E-state index is 11.1. The summed E-state index contributed by atoms with van der Waals surface area (Å²) in [6.07, 6.45) is -0.136. The molecular weight excluding hydrogens is 414 g/mol. The van der Waals surface area contributed by atoms with Gasteiger partial charge < -0.3 is 15.9 Å². The Balaban J connectivity index is 0.000000316. The van der Waals surface area contributed by atoms with Crippen LogP contribution < -0.4 is 5.73 Å². The predicted molar refractivity (Wildman–Crippen MR) is 108 cm³/mol. The van der Waals surface area contributed by atoms with Crippen LogP contribution in [0.4, 0.5) is 17.1 Å². The Labute approximate surface area is 175 Å². The summed E-state index contributed by atoms with van der Waals surface area (Å²) in [6.45, 7) is 4.49. The molecule has 0 saturated carbocycles. The molecule has 0 amide bonds. The van der Waals surface area contributed by atoms with E-state index in [2.05, 4.69) is 0 Å². The van der Waals surface area contributed by atoms with Gasteiger partial charge >= 0.3 is 17.6 Å². The Morgan fingerprint density at radius 1 is 0.871 bits per heavy atom. The van der Waals surface area contributed by atoms with Gasteiger partial charge in [-0.15, -0.1) is 0 Å². The van der Waals surface area contributed by atoms with Gasteiger partial charge in [-0.2, -0.15) is 0 Å². The molecule has 2 rings (SSSR count). The second-order valence-corrected chi connectivity index (χ2v) is 6.45. The zero-order valence-electron chi connectivity index (χ0n) is 16.7. The number of Topliss-reactive ketones (excluding diaryl/α,β-unsaturated/α-hetero) is 1. The largest absolute Gasteiger partial charge is 0.477 e. The third kappa shape index (κ3) is 5.82. The number of hydrogen-bond donors (Lipinski definition) is 3. The van der Waals surface area contributed by atoms with E-state index in [1.165, 1.54) is 31.2 Å². The van der Waals surface area contributed by atoms with Gasteiger partial charge in [-0.1, -0.05) is 12.1 Å². The number of aromatic carboxylic acids is 2. The first-order valence-electron chi connectivity index (χ1n) is 8.55. The van der Waals surface area contributed by atoms with Crippen LogP contribution in [0.15, 0.2) is 24.3 Å². The van der Waals surface area contributed by atoms with E-state index in [1.807, 2.05) is 0 Å². The number of anilines is 1. The highest BCUT2D eigenvalue weighted by Crippen LogP contribution is 2.29. The summed E-state index contributed by atoms with van der Waals surface area (Å²) in [5.41, 5.74) is 4.69. The molecule has 0 aliphatic heterocycles. The Morgan fingerprint density at radius 3 is 1.68 bits per heavy atom. The molecule has 0 saturated heterocycles. The van der Waals surface area contributed by atoms with Crippen molar-refractivity contribution >= 4 is 34.8 Å². The second-order valence-electron chi connectivity index (χ2n) is 6.45. The third-order valence-corrected chi connectivity index (χ3v) is 4.20. The number of carbonyl (C=O) groups is 3. The first-order valence-corrected chi connectivity index (χ1v) is 8.55. The number of hydrogen-bond acceptors (Lipinski definition) is 8. The van der Waals surface area contributed by atoms with Crippen molar-refractivity contribution in [1.29, 1.82) is 0 Å². The SMILES string of the molecule is CC(=O)Cc1c(C)ccc(C(=O)O)c1[N+](=O)[O-].Cc1ccc(C(=O)O)c([N+](=O)[O-])c1N. The van der Waals surface area contributed by atoms with E-state index in [0.717, 1.165) is 0 Å². The number of nitrogens with zero attached hydrogens (tertiary/aromatic N) is 2. The maximum atomic E-state index is 11.1. The molecule has 0 fully saturated rings. The molecule has 0 bridgehead atoms. The summed E-state index contributed by atoms with van der Waals surface area (Å²) in [7, 11) is 0. The number of nitro groups is 2. The van der Waals surface area contributed by atoms with E-state index < -0.39 is 44.3 Å². The lowest BCUT2D eigenvalue weighted by atomic mass is 9.98. The number of benzene rings is 2. The van der Waals surface area contributed by atoms with E-state index in [9.17, 15) is 34.6 Å². The molecule has 164 valence electrons. The quantitative estimate of drug-likeness (QED) is 0.345. The standard InChI is InChI=1S/C11H11NO5.C8H8N2O4/c1-6-3-4-8(11(14)15)10(12(16)17)9(6)5-7(2)13;1-4-2-3-5(8(11)12)7(6(4)9)10(13)14/h3-4H,5H2,1-2H3,(H,14,15);2-3H,9H2,1H3,(H,11,12). The molecule has 0 aromatic heterocycles. The highest BCUT2D eigenvalue weighted by molar-refractivity contribution is 5.96. The van der Waals surface area contributed by atoms with E-state index in [1.54, 1.807) is 13.8 Å². The number of aryl methyl sites for hydroxylation is 2. The minimum absolute atomic E-state index is 0.102. The molecule has 4 N–H and O–H groups in total. The number of nitrogen functional groups attached to an aromatic ring is 1. The van der Waals surface area contributed by atoms with Crippen molar-refractivity contribution in [3.8, 4) is 0 Å². The molecule has 31 heavy (non-hydrogen) atoms. The van der Waals surface area contributed by atoms with Crippen molar-refractivity contribution in [3.63, 3.8) is 0 Å². The zero-order chi connectivity index (χ0) is 24.0. The number of carbonyl (C=O) groups excluding carboxylic acids is 1. The summed E-state index contributed by atoms with van der Waals surface area (Å²) in [5.74, 6) is -2.98. The number of rotatable bonds is 6.